The first-order chi connectivity index (χ1) is 9.31. The molecule has 1 atom stereocenters. The lowest BCUT2D eigenvalue weighted by Crippen LogP contribution is -2.20. The van der Waals surface area contributed by atoms with Gasteiger partial charge < -0.3 is 15.4 Å². The minimum atomic E-state index is 0.462. The Morgan fingerprint density at radius 1 is 1.37 bits per heavy atom. The fraction of sp³-hybridized carbons (Fsp3) is 0.692. The van der Waals surface area contributed by atoms with Crippen LogP contribution in [0.15, 0.2) is 6.07 Å². The van der Waals surface area contributed by atoms with E-state index in [0.29, 0.717) is 19.3 Å². The number of anilines is 2. The van der Waals surface area contributed by atoms with Crippen molar-refractivity contribution in [2.24, 2.45) is 0 Å². The van der Waals surface area contributed by atoms with Gasteiger partial charge in [0.1, 0.15) is 18.2 Å². The highest BCUT2D eigenvalue weighted by Gasteiger charge is 2.16. The highest BCUT2D eigenvalue weighted by atomic mass is 32.2. The lowest BCUT2D eigenvalue weighted by Gasteiger charge is -2.14. The summed E-state index contributed by atoms with van der Waals surface area (Å²) in [6.07, 6.45) is 1.20. The summed E-state index contributed by atoms with van der Waals surface area (Å²) < 4.78 is 5.39. The molecule has 1 aromatic rings. The van der Waals surface area contributed by atoms with Crippen molar-refractivity contribution in [1.82, 2.24) is 9.97 Å². The van der Waals surface area contributed by atoms with Crippen molar-refractivity contribution in [1.29, 1.82) is 0 Å². The van der Waals surface area contributed by atoms with Gasteiger partial charge in [0.2, 0.25) is 0 Å². The third-order valence-electron chi connectivity index (χ3n) is 2.85. The van der Waals surface area contributed by atoms with Crippen LogP contribution in [0.3, 0.4) is 0 Å². The van der Waals surface area contributed by atoms with E-state index in [-0.39, 0.29) is 0 Å². The third kappa shape index (κ3) is 4.54. The molecule has 1 aromatic heterocycles. The molecule has 0 spiro atoms. The summed E-state index contributed by atoms with van der Waals surface area (Å²) in [5.74, 6) is 4.87. The normalized spacial score (nSPS) is 18.5. The molecule has 5 nitrogen and oxygen atoms in total. The molecule has 2 heterocycles. The Kier molecular flexibility index (Phi) is 5.72. The molecule has 1 aliphatic heterocycles. The Morgan fingerprint density at radius 3 is 2.89 bits per heavy atom. The number of ether oxygens (including phenoxy) is 1. The van der Waals surface area contributed by atoms with Crippen LogP contribution in [0.5, 0.6) is 0 Å². The zero-order valence-corrected chi connectivity index (χ0v) is 12.4. The van der Waals surface area contributed by atoms with Gasteiger partial charge in [-0.15, -0.1) is 0 Å². The van der Waals surface area contributed by atoms with Gasteiger partial charge in [-0.05, 0) is 26.0 Å². The first-order valence-corrected chi connectivity index (χ1v) is 8.01. The van der Waals surface area contributed by atoms with E-state index in [0.717, 1.165) is 29.8 Å². The molecule has 6 heteroatoms. The maximum Gasteiger partial charge on any atom is 0.158 e. The third-order valence-corrected chi connectivity index (χ3v) is 4.01. The summed E-state index contributed by atoms with van der Waals surface area (Å²) in [7, 11) is 0. The Labute approximate surface area is 118 Å². The van der Waals surface area contributed by atoms with Crippen molar-refractivity contribution >= 4 is 23.4 Å². The molecule has 0 bridgehead atoms. The molecule has 0 aliphatic carbocycles. The van der Waals surface area contributed by atoms with Crippen LogP contribution < -0.4 is 10.6 Å². The number of thioether (sulfide) groups is 1. The smallest absolute Gasteiger partial charge is 0.158 e. The lowest BCUT2D eigenvalue weighted by atomic mass is 10.2. The van der Waals surface area contributed by atoms with Crippen LogP contribution in [-0.2, 0) is 11.3 Å². The van der Waals surface area contributed by atoms with Crippen LogP contribution in [0.4, 0.5) is 11.6 Å². The average molecular weight is 282 g/mol. The molecule has 106 valence electrons. The predicted octanol–water partition coefficient (Wildman–Crippen LogP) is 2.36. The molecule has 1 saturated heterocycles. The van der Waals surface area contributed by atoms with E-state index in [4.69, 9.17) is 4.74 Å². The highest BCUT2D eigenvalue weighted by molar-refractivity contribution is 7.99. The summed E-state index contributed by atoms with van der Waals surface area (Å²) in [4.78, 5) is 8.96. The molecular formula is C13H22N4OS. The Balaban J connectivity index is 2.07. The molecule has 2 N–H and O–H groups in total. The summed E-state index contributed by atoms with van der Waals surface area (Å²) in [5.41, 5.74) is 0. The van der Waals surface area contributed by atoms with Gasteiger partial charge in [0.25, 0.3) is 0 Å². The van der Waals surface area contributed by atoms with Gasteiger partial charge in [0.05, 0.1) is 0 Å². The van der Waals surface area contributed by atoms with Crippen LogP contribution in [0.1, 0.15) is 26.1 Å². The number of aromatic nitrogens is 2. The molecule has 1 aliphatic rings. The van der Waals surface area contributed by atoms with E-state index in [2.05, 4.69) is 27.5 Å². The molecule has 1 fully saturated rings. The largest absolute Gasteiger partial charge is 0.374 e. The first kappa shape index (κ1) is 14.4. The van der Waals surface area contributed by atoms with E-state index in [9.17, 15) is 0 Å². The van der Waals surface area contributed by atoms with E-state index in [1.807, 2.05) is 24.8 Å². The minimum Gasteiger partial charge on any atom is -0.374 e. The average Bonchev–Trinajstić information content (AvgIpc) is 2.89. The minimum absolute atomic E-state index is 0.462. The summed E-state index contributed by atoms with van der Waals surface area (Å²) in [6.45, 7) is 6.03. The number of hydrogen-bond donors (Lipinski definition) is 2. The molecular weight excluding hydrogens is 260 g/mol. The van der Waals surface area contributed by atoms with Crippen LogP contribution >= 0.6 is 11.8 Å². The van der Waals surface area contributed by atoms with Gasteiger partial charge in [-0.1, -0.05) is 0 Å². The fourth-order valence-electron chi connectivity index (χ4n) is 1.96. The molecule has 0 radical (unpaired) electrons. The Morgan fingerprint density at radius 2 is 2.21 bits per heavy atom. The van der Waals surface area contributed by atoms with Crippen molar-refractivity contribution in [3.63, 3.8) is 0 Å². The molecule has 0 amide bonds. The maximum atomic E-state index is 5.39. The second-order valence-electron chi connectivity index (χ2n) is 4.43. The van der Waals surface area contributed by atoms with E-state index < -0.39 is 0 Å². The quantitative estimate of drug-likeness (QED) is 0.800. The second-order valence-corrected chi connectivity index (χ2v) is 5.58. The zero-order chi connectivity index (χ0) is 13.5. The number of nitrogens with zero attached hydrogens (tertiary/aromatic N) is 2. The zero-order valence-electron chi connectivity index (χ0n) is 11.6. The van der Waals surface area contributed by atoms with E-state index in [1.54, 1.807) is 0 Å². The maximum absolute atomic E-state index is 5.39. The van der Waals surface area contributed by atoms with Gasteiger partial charge in [0.15, 0.2) is 5.82 Å². The molecule has 1 unspecified atom stereocenters. The summed E-state index contributed by atoms with van der Waals surface area (Å²) in [5, 5.41) is 6.73. The van der Waals surface area contributed by atoms with Gasteiger partial charge in [-0.25, -0.2) is 9.97 Å². The predicted molar refractivity (Wildman–Crippen MR) is 80.9 cm³/mol. The molecule has 0 saturated carbocycles. The SMILES string of the molecule is CCNc1cc(NC2CCSC2)nc(COCC)n1. The van der Waals surface area contributed by atoms with E-state index in [1.165, 1.54) is 12.2 Å². The highest BCUT2D eigenvalue weighted by Crippen LogP contribution is 2.21. The molecule has 19 heavy (non-hydrogen) atoms. The second kappa shape index (κ2) is 7.55. The van der Waals surface area contributed by atoms with Crippen LogP contribution in [0, 0.1) is 0 Å². The van der Waals surface area contributed by atoms with Crippen LogP contribution in [0.25, 0.3) is 0 Å². The number of hydrogen-bond acceptors (Lipinski definition) is 6. The topological polar surface area (TPSA) is 59.1 Å². The molecule has 0 aromatic carbocycles. The summed E-state index contributed by atoms with van der Waals surface area (Å²) in [6, 6.07) is 2.50. The fourth-order valence-corrected chi connectivity index (χ4v) is 3.11. The van der Waals surface area contributed by atoms with Gasteiger partial charge >= 0.3 is 0 Å². The van der Waals surface area contributed by atoms with Crippen molar-refractivity contribution in [3.8, 4) is 0 Å². The molecule has 2 rings (SSSR count). The standard InChI is InChI=1S/C13H22N4OS/c1-3-14-11-7-12(15-10-5-6-19-9-10)17-13(16-11)8-18-4-2/h7,10H,3-6,8-9H2,1-2H3,(H2,14,15,16,17). The summed E-state index contributed by atoms with van der Waals surface area (Å²) >= 11 is 1.99. The van der Waals surface area contributed by atoms with Crippen LogP contribution in [-0.4, -0.2) is 40.7 Å². The Hall–Kier alpha value is -1.01. The van der Waals surface area contributed by atoms with Crippen molar-refractivity contribution < 1.29 is 4.74 Å². The van der Waals surface area contributed by atoms with Gasteiger partial charge in [0, 0.05) is 31.0 Å². The Bertz CT molecular complexity index is 396. The monoisotopic (exact) mass is 282 g/mol. The van der Waals surface area contributed by atoms with Crippen molar-refractivity contribution in [2.45, 2.75) is 32.9 Å². The number of nitrogens with one attached hydrogen (secondary N) is 2. The van der Waals surface area contributed by atoms with Crippen LogP contribution in [0.2, 0.25) is 0 Å². The lowest BCUT2D eigenvalue weighted by molar-refractivity contribution is 0.128. The first-order valence-electron chi connectivity index (χ1n) is 6.85. The number of rotatable bonds is 7. The van der Waals surface area contributed by atoms with Gasteiger partial charge in [-0.3, -0.25) is 0 Å². The van der Waals surface area contributed by atoms with Gasteiger partial charge in [-0.2, -0.15) is 11.8 Å². The van der Waals surface area contributed by atoms with E-state index >= 15 is 0 Å². The van der Waals surface area contributed by atoms with Crippen molar-refractivity contribution in [2.75, 3.05) is 35.3 Å². The van der Waals surface area contributed by atoms with Crippen molar-refractivity contribution in [3.05, 3.63) is 11.9 Å².